The van der Waals surface area contributed by atoms with Gasteiger partial charge in [0.15, 0.2) is 4.80 Å². The number of carbonyl (C=O) groups excluding carboxylic acids is 1. The highest BCUT2D eigenvalue weighted by atomic mass is 35.5. The summed E-state index contributed by atoms with van der Waals surface area (Å²) in [6.07, 6.45) is 1.50. The van der Waals surface area contributed by atoms with E-state index in [1.54, 1.807) is 50.7 Å². The largest absolute Gasteiger partial charge is 0.497 e. The third-order valence-corrected chi connectivity index (χ3v) is 6.40. The molecule has 3 aromatic rings. The Kier molecular flexibility index (Phi) is 6.54. The first-order valence-electron chi connectivity index (χ1n) is 10.4. The van der Waals surface area contributed by atoms with Crippen LogP contribution in [0.2, 0.25) is 5.02 Å². The van der Waals surface area contributed by atoms with Crippen LogP contribution in [0.25, 0.3) is 6.08 Å². The molecule has 0 N–H and O–H groups in total. The normalized spacial score (nSPS) is 15.9. The Morgan fingerprint density at radius 2 is 1.94 bits per heavy atom. The van der Waals surface area contributed by atoms with Crippen molar-refractivity contribution in [3.63, 3.8) is 0 Å². The van der Waals surface area contributed by atoms with Crippen molar-refractivity contribution in [2.75, 3.05) is 7.11 Å². The number of allylic oxidation sites excluding steroid dienone is 1. The standard InChI is InChI=1S/C25H23ClN2O4S/c1-14(2)32-24(30)21-15(3)27-25-28(22(21)17-8-10-18(26)11-9-17)23(29)20(33-25)13-16-6-5-7-19(12-16)31-4/h5-14,22H,1-4H3/b20-13-. The molecule has 2 heterocycles. The lowest BCUT2D eigenvalue weighted by molar-refractivity contribution is -0.143. The molecule has 0 saturated heterocycles. The fraction of sp³-hybridized carbons (Fsp3) is 0.240. The van der Waals surface area contributed by atoms with E-state index >= 15 is 0 Å². The molecule has 0 radical (unpaired) electrons. The zero-order chi connectivity index (χ0) is 23.7. The first kappa shape index (κ1) is 23.0. The molecule has 0 fully saturated rings. The van der Waals surface area contributed by atoms with E-state index in [4.69, 9.17) is 21.1 Å². The highest BCUT2D eigenvalue weighted by molar-refractivity contribution is 7.07. The Labute approximate surface area is 200 Å². The maximum absolute atomic E-state index is 13.6. The van der Waals surface area contributed by atoms with Gasteiger partial charge in [0, 0.05) is 5.02 Å². The zero-order valence-electron chi connectivity index (χ0n) is 18.7. The van der Waals surface area contributed by atoms with Gasteiger partial charge in [0.2, 0.25) is 0 Å². The van der Waals surface area contributed by atoms with Crippen molar-refractivity contribution >= 4 is 35.0 Å². The molecular weight excluding hydrogens is 460 g/mol. The number of thiazole rings is 1. The quantitative estimate of drug-likeness (QED) is 0.518. The van der Waals surface area contributed by atoms with Gasteiger partial charge in [0.1, 0.15) is 5.75 Å². The molecule has 8 heteroatoms. The van der Waals surface area contributed by atoms with Crippen LogP contribution in [-0.2, 0) is 9.53 Å². The van der Waals surface area contributed by atoms with Gasteiger partial charge in [-0.25, -0.2) is 9.79 Å². The molecule has 0 aliphatic carbocycles. The smallest absolute Gasteiger partial charge is 0.338 e. The molecule has 1 unspecified atom stereocenters. The average Bonchev–Trinajstić information content (AvgIpc) is 3.07. The van der Waals surface area contributed by atoms with Gasteiger partial charge in [-0.05, 0) is 62.2 Å². The summed E-state index contributed by atoms with van der Waals surface area (Å²) in [7, 11) is 1.60. The van der Waals surface area contributed by atoms with Gasteiger partial charge in [-0.15, -0.1) is 0 Å². The number of aromatic nitrogens is 1. The molecule has 1 atom stereocenters. The molecule has 1 aliphatic heterocycles. The number of fused-ring (bicyclic) bond motifs is 1. The number of ether oxygens (including phenoxy) is 2. The molecule has 1 aliphatic rings. The van der Waals surface area contributed by atoms with E-state index in [0.717, 1.165) is 11.1 Å². The molecule has 6 nitrogen and oxygen atoms in total. The van der Waals surface area contributed by atoms with Crippen molar-refractivity contribution in [3.8, 4) is 5.75 Å². The zero-order valence-corrected chi connectivity index (χ0v) is 20.2. The maximum Gasteiger partial charge on any atom is 0.338 e. The summed E-state index contributed by atoms with van der Waals surface area (Å²) in [6, 6.07) is 13.9. The van der Waals surface area contributed by atoms with Gasteiger partial charge in [-0.1, -0.05) is 47.2 Å². The lowest BCUT2D eigenvalue weighted by Crippen LogP contribution is -2.40. The topological polar surface area (TPSA) is 69.9 Å². The van der Waals surface area contributed by atoms with Gasteiger partial charge >= 0.3 is 5.97 Å². The van der Waals surface area contributed by atoms with Crippen molar-refractivity contribution in [2.45, 2.75) is 32.9 Å². The van der Waals surface area contributed by atoms with E-state index in [1.807, 2.05) is 36.4 Å². The number of halogens is 1. The lowest BCUT2D eigenvalue weighted by atomic mass is 9.96. The number of rotatable bonds is 5. The molecular formula is C25H23ClN2O4S. The first-order chi connectivity index (χ1) is 15.8. The minimum Gasteiger partial charge on any atom is -0.497 e. The molecule has 1 aromatic heterocycles. The Bertz CT molecular complexity index is 1420. The number of carbonyl (C=O) groups is 1. The van der Waals surface area contributed by atoms with E-state index in [9.17, 15) is 9.59 Å². The van der Waals surface area contributed by atoms with Crippen LogP contribution in [-0.4, -0.2) is 23.8 Å². The van der Waals surface area contributed by atoms with Crippen molar-refractivity contribution in [3.05, 3.63) is 95.6 Å². The summed E-state index contributed by atoms with van der Waals surface area (Å²) in [6.45, 7) is 5.34. The molecule has 4 rings (SSSR count). The minimum absolute atomic E-state index is 0.233. The van der Waals surface area contributed by atoms with Crippen molar-refractivity contribution in [2.24, 2.45) is 4.99 Å². The summed E-state index contributed by atoms with van der Waals surface area (Å²) in [5, 5.41) is 0.566. The van der Waals surface area contributed by atoms with Crippen LogP contribution in [0.1, 0.15) is 37.9 Å². The third-order valence-electron chi connectivity index (χ3n) is 5.16. The number of hydrogen-bond donors (Lipinski definition) is 0. The minimum atomic E-state index is -0.669. The van der Waals surface area contributed by atoms with Gasteiger partial charge < -0.3 is 9.47 Å². The van der Waals surface area contributed by atoms with Gasteiger partial charge in [0.05, 0.1) is 35.1 Å². The lowest BCUT2D eigenvalue weighted by Gasteiger charge is -2.25. The highest BCUT2D eigenvalue weighted by Crippen LogP contribution is 2.31. The van der Waals surface area contributed by atoms with Crippen molar-refractivity contribution < 1.29 is 14.3 Å². The molecule has 0 spiro atoms. The SMILES string of the molecule is COc1cccc(/C=c2\sc3n(c2=O)C(c2ccc(Cl)cc2)C(C(=O)OC(C)C)=C(C)N=3)c1. The van der Waals surface area contributed by atoms with E-state index in [2.05, 4.69) is 4.99 Å². The maximum atomic E-state index is 13.6. The summed E-state index contributed by atoms with van der Waals surface area (Å²) in [5.74, 6) is 0.207. The summed E-state index contributed by atoms with van der Waals surface area (Å²) < 4.78 is 12.9. The molecule has 0 bridgehead atoms. The highest BCUT2D eigenvalue weighted by Gasteiger charge is 2.33. The Morgan fingerprint density at radius 1 is 1.21 bits per heavy atom. The van der Waals surface area contributed by atoms with E-state index in [1.165, 1.54) is 11.3 Å². The summed E-state index contributed by atoms with van der Waals surface area (Å²) in [4.78, 5) is 31.7. The number of hydrogen-bond acceptors (Lipinski definition) is 6. The van der Waals surface area contributed by atoms with Crippen LogP contribution in [0.4, 0.5) is 0 Å². The summed E-state index contributed by atoms with van der Waals surface area (Å²) in [5.41, 5.74) is 2.21. The van der Waals surface area contributed by atoms with Crippen LogP contribution in [0.15, 0.2) is 69.6 Å². The van der Waals surface area contributed by atoms with Crippen LogP contribution in [0.5, 0.6) is 5.75 Å². The van der Waals surface area contributed by atoms with Crippen LogP contribution < -0.4 is 19.6 Å². The number of nitrogens with zero attached hydrogens (tertiary/aromatic N) is 2. The number of benzene rings is 2. The van der Waals surface area contributed by atoms with E-state index in [0.29, 0.717) is 31.4 Å². The summed E-state index contributed by atoms with van der Waals surface area (Å²) >= 11 is 7.37. The Morgan fingerprint density at radius 3 is 2.61 bits per heavy atom. The van der Waals surface area contributed by atoms with E-state index in [-0.39, 0.29) is 11.7 Å². The van der Waals surface area contributed by atoms with Gasteiger partial charge in [-0.2, -0.15) is 0 Å². The first-order valence-corrected chi connectivity index (χ1v) is 11.6. The van der Waals surface area contributed by atoms with E-state index < -0.39 is 12.0 Å². The van der Waals surface area contributed by atoms with Crippen LogP contribution in [0.3, 0.4) is 0 Å². The average molecular weight is 483 g/mol. The van der Waals surface area contributed by atoms with Crippen LogP contribution >= 0.6 is 22.9 Å². The van der Waals surface area contributed by atoms with Gasteiger partial charge in [-0.3, -0.25) is 9.36 Å². The second-order valence-corrected chi connectivity index (χ2v) is 9.31. The second kappa shape index (κ2) is 9.37. The number of methoxy groups -OCH3 is 1. The van der Waals surface area contributed by atoms with Crippen LogP contribution in [0, 0.1) is 0 Å². The molecule has 0 saturated carbocycles. The Hall–Kier alpha value is -3.16. The predicted octanol–water partition coefficient (Wildman–Crippen LogP) is 3.85. The fourth-order valence-corrected chi connectivity index (χ4v) is 4.88. The molecule has 170 valence electrons. The van der Waals surface area contributed by atoms with Crippen molar-refractivity contribution in [1.82, 2.24) is 4.57 Å². The third kappa shape index (κ3) is 4.65. The molecule has 33 heavy (non-hydrogen) atoms. The monoisotopic (exact) mass is 482 g/mol. The molecule has 0 amide bonds. The predicted molar refractivity (Wildman–Crippen MR) is 129 cm³/mol. The van der Waals surface area contributed by atoms with Crippen molar-refractivity contribution in [1.29, 1.82) is 0 Å². The fourth-order valence-electron chi connectivity index (χ4n) is 3.70. The molecule has 2 aromatic carbocycles. The number of esters is 1. The Balaban J connectivity index is 1.93. The van der Waals surface area contributed by atoms with Gasteiger partial charge in [0.25, 0.3) is 5.56 Å². The second-order valence-electron chi connectivity index (χ2n) is 7.86.